The number of carbonyl (C=O) groups excluding carboxylic acids is 2. The Labute approximate surface area is 142 Å². The molecule has 0 fully saturated rings. The zero-order valence-electron chi connectivity index (χ0n) is 14.9. The number of methoxy groups -OCH3 is 2. The molecular weight excluding hydrogens is 312 g/mol. The lowest BCUT2D eigenvalue weighted by atomic mass is 10.2. The molecule has 134 valence electrons. The van der Waals surface area contributed by atoms with E-state index in [2.05, 4.69) is 5.32 Å². The Morgan fingerprint density at radius 3 is 2.50 bits per heavy atom. The van der Waals surface area contributed by atoms with Crippen molar-refractivity contribution in [2.75, 3.05) is 44.2 Å². The van der Waals surface area contributed by atoms with Crippen molar-refractivity contribution in [3.8, 4) is 5.75 Å². The van der Waals surface area contributed by atoms with Crippen molar-refractivity contribution < 1.29 is 23.8 Å². The van der Waals surface area contributed by atoms with Crippen LogP contribution in [0.1, 0.15) is 20.8 Å². The molecule has 1 unspecified atom stereocenters. The third kappa shape index (κ3) is 5.42. The van der Waals surface area contributed by atoms with Gasteiger partial charge in [-0.25, -0.2) is 4.79 Å². The van der Waals surface area contributed by atoms with Crippen LogP contribution in [-0.2, 0) is 19.1 Å². The molecule has 0 heterocycles. The van der Waals surface area contributed by atoms with Crippen molar-refractivity contribution in [1.82, 2.24) is 0 Å². The first-order chi connectivity index (χ1) is 11.4. The molecule has 0 spiro atoms. The molecular formula is C17H26N2O5. The Kier molecular flexibility index (Phi) is 8.05. The third-order valence-electron chi connectivity index (χ3n) is 3.49. The number of anilines is 2. The lowest BCUT2D eigenvalue weighted by molar-refractivity contribution is -0.146. The molecule has 0 radical (unpaired) electrons. The molecule has 1 aromatic carbocycles. The van der Waals surface area contributed by atoms with Crippen LogP contribution in [-0.4, -0.2) is 51.9 Å². The molecule has 0 aliphatic heterocycles. The third-order valence-corrected chi connectivity index (χ3v) is 3.49. The van der Waals surface area contributed by atoms with Crippen LogP contribution in [0, 0.1) is 0 Å². The molecule has 0 saturated carbocycles. The molecule has 0 aliphatic rings. The normalized spacial score (nSPS) is 11.5. The minimum Gasteiger partial charge on any atom is -0.495 e. The van der Waals surface area contributed by atoms with Gasteiger partial charge in [-0.3, -0.25) is 4.79 Å². The zero-order chi connectivity index (χ0) is 18.1. The Balaban J connectivity index is 3.03. The number of nitrogens with one attached hydrogen (secondary N) is 1. The number of esters is 1. The molecule has 7 heteroatoms. The smallest absolute Gasteiger partial charge is 0.328 e. The lowest BCUT2D eigenvalue weighted by Gasteiger charge is -2.30. The number of benzene rings is 1. The first-order valence-electron chi connectivity index (χ1n) is 7.82. The summed E-state index contributed by atoms with van der Waals surface area (Å²) < 4.78 is 15.5. The average Bonchev–Trinajstić information content (AvgIpc) is 2.55. The monoisotopic (exact) mass is 338 g/mol. The number of hydrogen-bond acceptors (Lipinski definition) is 6. The molecule has 0 bridgehead atoms. The number of rotatable bonds is 9. The summed E-state index contributed by atoms with van der Waals surface area (Å²) in [6.45, 7) is 6.27. The van der Waals surface area contributed by atoms with E-state index in [0.717, 1.165) is 0 Å². The Morgan fingerprint density at radius 1 is 1.25 bits per heavy atom. The second-order valence-electron chi connectivity index (χ2n) is 5.19. The van der Waals surface area contributed by atoms with Crippen molar-refractivity contribution in [2.45, 2.75) is 26.8 Å². The zero-order valence-corrected chi connectivity index (χ0v) is 14.9. The highest BCUT2D eigenvalue weighted by Crippen LogP contribution is 2.32. The number of hydrogen-bond donors (Lipinski definition) is 1. The van der Waals surface area contributed by atoms with Gasteiger partial charge in [0.05, 0.1) is 19.4 Å². The number of carbonyl (C=O) groups is 2. The number of amides is 1. The summed E-state index contributed by atoms with van der Waals surface area (Å²) in [4.78, 5) is 25.3. The summed E-state index contributed by atoms with van der Waals surface area (Å²) >= 11 is 0. The quantitative estimate of drug-likeness (QED) is 0.548. The van der Waals surface area contributed by atoms with Crippen molar-refractivity contribution in [3.63, 3.8) is 0 Å². The summed E-state index contributed by atoms with van der Waals surface area (Å²) in [5.74, 6) is 0.101. The summed E-state index contributed by atoms with van der Waals surface area (Å²) in [6, 6.07) is 4.78. The topological polar surface area (TPSA) is 77.1 Å². The van der Waals surface area contributed by atoms with E-state index in [4.69, 9.17) is 14.2 Å². The fourth-order valence-corrected chi connectivity index (χ4v) is 2.32. The highest BCUT2D eigenvalue weighted by Gasteiger charge is 2.24. The molecule has 7 nitrogen and oxygen atoms in total. The summed E-state index contributed by atoms with van der Waals surface area (Å²) in [5, 5.41) is 2.73. The van der Waals surface area contributed by atoms with Gasteiger partial charge in [0.15, 0.2) is 0 Å². The molecule has 1 rings (SSSR count). The van der Waals surface area contributed by atoms with E-state index >= 15 is 0 Å². The van der Waals surface area contributed by atoms with Gasteiger partial charge in [0.25, 0.3) is 0 Å². The van der Waals surface area contributed by atoms with Gasteiger partial charge in [-0.2, -0.15) is 0 Å². The van der Waals surface area contributed by atoms with E-state index in [0.29, 0.717) is 30.3 Å². The molecule has 0 aromatic heterocycles. The van der Waals surface area contributed by atoms with E-state index in [9.17, 15) is 9.59 Å². The fraction of sp³-hybridized carbons (Fsp3) is 0.529. The molecule has 1 aromatic rings. The highest BCUT2D eigenvalue weighted by atomic mass is 16.6. The minimum absolute atomic E-state index is 0.166. The SMILES string of the molecule is CCN(c1cc(NC(C)=O)ccc1OC)C(C)C(=O)OCCOC. The van der Waals surface area contributed by atoms with Crippen molar-refractivity contribution in [3.05, 3.63) is 18.2 Å². The molecule has 24 heavy (non-hydrogen) atoms. The number of nitrogens with zero attached hydrogens (tertiary/aromatic N) is 1. The predicted molar refractivity (Wildman–Crippen MR) is 92.6 cm³/mol. The van der Waals surface area contributed by atoms with Crippen LogP contribution in [0.5, 0.6) is 5.75 Å². The van der Waals surface area contributed by atoms with Crippen LogP contribution in [0.4, 0.5) is 11.4 Å². The van der Waals surface area contributed by atoms with Crippen LogP contribution in [0.15, 0.2) is 18.2 Å². The maximum absolute atomic E-state index is 12.2. The van der Waals surface area contributed by atoms with E-state index in [1.54, 1.807) is 39.3 Å². The minimum atomic E-state index is -0.506. The second-order valence-corrected chi connectivity index (χ2v) is 5.19. The summed E-state index contributed by atoms with van der Waals surface area (Å²) in [7, 11) is 3.11. The van der Waals surface area contributed by atoms with Gasteiger partial charge in [0.2, 0.25) is 5.91 Å². The van der Waals surface area contributed by atoms with Crippen LogP contribution in [0.3, 0.4) is 0 Å². The Hall–Kier alpha value is -2.28. The lowest BCUT2D eigenvalue weighted by Crippen LogP contribution is -2.40. The van der Waals surface area contributed by atoms with Gasteiger partial charge >= 0.3 is 5.97 Å². The van der Waals surface area contributed by atoms with Gasteiger partial charge in [-0.15, -0.1) is 0 Å². The van der Waals surface area contributed by atoms with Gasteiger partial charge < -0.3 is 24.4 Å². The van der Waals surface area contributed by atoms with Gasteiger partial charge in [-0.1, -0.05) is 0 Å². The predicted octanol–water partition coefficient (Wildman–Crippen LogP) is 2.06. The highest BCUT2D eigenvalue weighted by molar-refractivity contribution is 5.90. The Bertz CT molecular complexity index is 562. The van der Waals surface area contributed by atoms with Crippen molar-refractivity contribution >= 4 is 23.3 Å². The fourth-order valence-electron chi connectivity index (χ4n) is 2.32. The maximum Gasteiger partial charge on any atom is 0.328 e. The number of likely N-dealkylation sites (N-methyl/N-ethyl adjacent to an activating group) is 1. The molecule has 0 saturated heterocycles. The van der Waals surface area contributed by atoms with Gasteiger partial charge in [-0.05, 0) is 32.0 Å². The maximum atomic E-state index is 12.2. The standard InChI is InChI=1S/C17H26N2O5/c1-6-19(12(2)17(21)24-10-9-22-4)15-11-14(18-13(3)20)7-8-16(15)23-5/h7-8,11-12H,6,9-10H2,1-5H3,(H,18,20). The summed E-state index contributed by atoms with van der Waals surface area (Å²) in [6.07, 6.45) is 0. The average molecular weight is 338 g/mol. The first kappa shape index (κ1) is 19.8. The molecule has 1 N–H and O–H groups in total. The number of ether oxygens (including phenoxy) is 3. The van der Waals surface area contributed by atoms with E-state index in [-0.39, 0.29) is 18.5 Å². The second kappa shape index (κ2) is 9.77. The van der Waals surface area contributed by atoms with Gasteiger partial charge in [0.1, 0.15) is 18.4 Å². The largest absolute Gasteiger partial charge is 0.495 e. The van der Waals surface area contributed by atoms with Crippen molar-refractivity contribution in [1.29, 1.82) is 0 Å². The molecule has 1 atom stereocenters. The van der Waals surface area contributed by atoms with Crippen LogP contribution in [0.25, 0.3) is 0 Å². The van der Waals surface area contributed by atoms with Crippen molar-refractivity contribution in [2.24, 2.45) is 0 Å². The van der Waals surface area contributed by atoms with Crippen LogP contribution >= 0.6 is 0 Å². The van der Waals surface area contributed by atoms with E-state index in [1.165, 1.54) is 6.92 Å². The molecule has 0 aliphatic carbocycles. The van der Waals surface area contributed by atoms with Gasteiger partial charge in [0, 0.05) is 26.3 Å². The van der Waals surface area contributed by atoms with Crippen LogP contribution < -0.4 is 15.0 Å². The molecule has 1 amide bonds. The Morgan fingerprint density at radius 2 is 1.96 bits per heavy atom. The van der Waals surface area contributed by atoms with E-state index < -0.39 is 6.04 Å². The summed E-state index contributed by atoms with van der Waals surface area (Å²) in [5.41, 5.74) is 1.35. The first-order valence-corrected chi connectivity index (χ1v) is 7.82. The van der Waals surface area contributed by atoms with E-state index in [1.807, 2.05) is 11.8 Å². The van der Waals surface area contributed by atoms with Crippen LogP contribution in [0.2, 0.25) is 0 Å².